The zero-order chi connectivity index (χ0) is 14.4. The monoisotopic (exact) mass is 305 g/mol. The van der Waals surface area contributed by atoms with Gasteiger partial charge in [0.25, 0.3) is 0 Å². The van der Waals surface area contributed by atoms with E-state index in [1.165, 1.54) is 10.4 Å². The summed E-state index contributed by atoms with van der Waals surface area (Å²) in [5.74, 6) is 0.967. The van der Waals surface area contributed by atoms with Gasteiger partial charge in [-0.2, -0.15) is 0 Å². The summed E-state index contributed by atoms with van der Waals surface area (Å²) in [5, 5.41) is 5.06. The lowest BCUT2D eigenvalue weighted by Gasteiger charge is -2.16. The van der Waals surface area contributed by atoms with E-state index in [-0.39, 0.29) is 17.2 Å². The first-order valence-corrected chi connectivity index (χ1v) is 8.59. The number of carbonyl (C=O) groups is 1. The van der Waals surface area contributed by atoms with Gasteiger partial charge in [0, 0.05) is 10.6 Å². The summed E-state index contributed by atoms with van der Waals surface area (Å²) < 4.78 is 0. The van der Waals surface area contributed by atoms with E-state index in [4.69, 9.17) is 0 Å². The van der Waals surface area contributed by atoms with Crippen LogP contribution in [0.25, 0.3) is 0 Å². The van der Waals surface area contributed by atoms with Gasteiger partial charge in [-0.3, -0.25) is 4.79 Å². The van der Waals surface area contributed by atoms with Crippen LogP contribution >= 0.6 is 23.1 Å². The lowest BCUT2D eigenvalue weighted by Crippen LogP contribution is -2.32. The molecule has 106 valence electrons. The van der Waals surface area contributed by atoms with Crippen LogP contribution in [0.15, 0.2) is 47.8 Å². The molecule has 20 heavy (non-hydrogen) atoms. The zero-order valence-corrected chi connectivity index (χ0v) is 13.3. The molecule has 0 aliphatic rings. The lowest BCUT2D eigenvalue weighted by atomic mass is 10.2. The molecule has 0 unspecified atom stereocenters. The average molecular weight is 305 g/mol. The number of benzene rings is 1. The van der Waals surface area contributed by atoms with Crippen molar-refractivity contribution < 1.29 is 4.79 Å². The van der Waals surface area contributed by atoms with E-state index in [1.807, 2.05) is 43.5 Å². The summed E-state index contributed by atoms with van der Waals surface area (Å²) in [4.78, 5) is 13.3. The molecule has 1 aromatic carbocycles. The van der Waals surface area contributed by atoms with E-state index < -0.39 is 0 Å². The number of amides is 1. The molecular formula is C16H19NOS2. The van der Waals surface area contributed by atoms with Crippen molar-refractivity contribution in [3.63, 3.8) is 0 Å². The number of thiophene rings is 1. The second-order valence-electron chi connectivity index (χ2n) is 4.68. The van der Waals surface area contributed by atoms with Crippen LogP contribution in [0.5, 0.6) is 0 Å². The molecule has 1 N–H and O–H groups in total. The maximum Gasteiger partial charge on any atom is 0.233 e. The smallest absolute Gasteiger partial charge is 0.233 e. The molecule has 0 aliphatic carbocycles. The summed E-state index contributed by atoms with van der Waals surface area (Å²) in [5.41, 5.74) is 1.25. The Kier molecular flexibility index (Phi) is 5.68. The van der Waals surface area contributed by atoms with Gasteiger partial charge in [0.15, 0.2) is 0 Å². The Bertz CT molecular complexity index is 525. The van der Waals surface area contributed by atoms with Gasteiger partial charge in [0.1, 0.15) is 0 Å². The number of nitrogens with one attached hydrogen (secondary N) is 1. The van der Waals surface area contributed by atoms with Crippen LogP contribution in [0.4, 0.5) is 0 Å². The van der Waals surface area contributed by atoms with Crippen molar-refractivity contribution in [3.8, 4) is 0 Å². The number of rotatable bonds is 6. The number of hydrogen-bond donors (Lipinski definition) is 1. The first-order valence-electron chi connectivity index (χ1n) is 6.66. The van der Waals surface area contributed by atoms with E-state index in [9.17, 15) is 4.79 Å². The lowest BCUT2D eigenvalue weighted by molar-refractivity contribution is -0.120. The predicted molar refractivity (Wildman–Crippen MR) is 88.1 cm³/mol. The Balaban J connectivity index is 1.80. The molecule has 0 bridgehead atoms. The first kappa shape index (κ1) is 15.1. The summed E-state index contributed by atoms with van der Waals surface area (Å²) >= 11 is 3.34. The molecule has 0 saturated heterocycles. The highest BCUT2D eigenvalue weighted by Crippen LogP contribution is 2.21. The van der Waals surface area contributed by atoms with E-state index in [2.05, 4.69) is 23.5 Å². The molecule has 1 amide bonds. The minimum Gasteiger partial charge on any atom is -0.348 e. The Morgan fingerprint density at radius 2 is 1.95 bits per heavy atom. The van der Waals surface area contributed by atoms with Crippen LogP contribution in [-0.2, 0) is 10.5 Å². The third kappa shape index (κ3) is 4.39. The van der Waals surface area contributed by atoms with Gasteiger partial charge in [-0.25, -0.2) is 0 Å². The van der Waals surface area contributed by atoms with Gasteiger partial charge < -0.3 is 5.32 Å². The standard InChI is InChI=1S/C16H19NOS2/c1-12(15-9-6-10-19-15)17-16(18)13(2)20-11-14-7-4-3-5-8-14/h3-10,12-13H,11H2,1-2H3,(H,17,18)/t12-,13-/m1/s1. The van der Waals surface area contributed by atoms with Crippen molar-refractivity contribution in [2.24, 2.45) is 0 Å². The predicted octanol–water partition coefficient (Wildman–Crippen LogP) is 4.25. The Morgan fingerprint density at radius 1 is 1.20 bits per heavy atom. The molecule has 0 saturated carbocycles. The molecule has 2 nitrogen and oxygen atoms in total. The highest BCUT2D eigenvalue weighted by Gasteiger charge is 2.16. The molecule has 0 radical (unpaired) electrons. The minimum atomic E-state index is -0.0439. The molecule has 2 rings (SSSR count). The van der Waals surface area contributed by atoms with Crippen molar-refractivity contribution in [3.05, 3.63) is 58.3 Å². The van der Waals surface area contributed by atoms with Crippen LogP contribution in [0, 0.1) is 0 Å². The van der Waals surface area contributed by atoms with E-state index in [0.29, 0.717) is 0 Å². The molecule has 0 fully saturated rings. The summed E-state index contributed by atoms with van der Waals surface area (Å²) in [6.07, 6.45) is 0. The van der Waals surface area contributed by atoms with Gasteiger partial charge >= 0.3 is 0 Å². The average Bonchev–Trinajstić information content (AvgIpc) is 3.00. The molecule has 1 heterocycles. The van der Waals surface area contributed by atoms with Gasteiger partial charge in [0.05, 0.1) is 11.3 Å². The van der Waals surface area contributed by atoms with Gasteiger partial charge in [-0.05, 0) is 30.9 Å². The third-order valence-electron chi connectivity index (χ3n) is 3.04. The Morgan fingerprint density at radius 3 is 2.60 bits per heavy atom. The van der Waals surface area contributed by atoms with Crippen molar-refractivity contribution in [1.82, 2.24) is 5.32 Å². The summed E-state index contributed by atoms with van der Waals surface area (Å²) in [7, 11) is 0. The van der Waals surface area contributed by atoms with Crippen LogP contribution in [0.3, 0.4) is 0 Å². The fourth-order valence-electron chi connectivity index (χ4n) is 1.81. The maximum absolute atomic E-state index is 12.1. The number of thioether (sulfide) groups is 1. The molecular weight excluding hydrogens is 286 g/mol. The van der Waals surface area contributed by atoms with E-state index in [1.54, 1.807) is 23.1 Å². The molecule has 4 heteroatoms. The second-order valence-corrected chi connectivity index (χ2v) is 6.99. The van der Waals surface area contributed by atoms with Crippen LogP contribution in [0.1, 0.15) is 30.3 Å². The van der Waals surface area contributed by atoms with Crippen molar-refractivity contribution in [2.75, 3.05) is 0 Å². The molecule has 1 aromatic heterocycles. The fourth-order valence-corrected chi connectivity index (χ4v) is 3.40. The first-order chi connectivity index (χ1) is 9.66. The zero-order valence-electron chi connectivity index (χ0n) is 11.7. The fraction of sp³-hybridized carbons (Fsp3) is 0.312. The van der Waals surface area contributed by atoms with Gasteiger partial charge in [-0.15, -0.1) is 23.1 Å². The third-order valence-corrected chi connectivity index (χ3v) is 5.31. The highest BCUT2D eigenvalue weighted by molar-refractivity contribution is 7.99. The van der Waals surface area contributed by atoms with Gasteiger partial charge in [-0.1, -0.05) is 36.4 Å². The molecule has 2 aromatic rings. The molecule has 0 spiro atoms. The SMILES string of the molecule is C[C@@H](SCc1ccccc1)C(=O)N[C@H](C)c1cccs1. The Labute approximate surface area is 128 Å². The van der Waals surface area contributed by atoms with Crippen LogP contribution in [0.2, 0.25) is 0 Å². The summed E-state index contributed by atoms with van der Waals surface area (Å²) in [6, 6.07) is 14.4. The van der Waals surface area contributed by atoms with Gasteiger partial charge in [0.2, 0.25) is 5.91 Å². The number of carbonyl (C=O) groups excluding carboxylic acids is 1. The topological polar surface area (TPSA) is 29.1 Å². The summed E-state index contributed by atoms with van der Waals surface area (Å²) in [6.45, 7) is 3.99. The number of hydrogen-bond acceptors (Lipinski definition) is 3. The minimum absolute atomic E-state index is 0.0439. The quantitative estimate of drug-likeness (QED) is 0.864. The molecule has 0 aliphatic heterocycles. The van der Waals surface area contributed by atoms with Crippen LogP contribution < -0.4 is 5.32 Å². The van der Waals surface area contributed by atoms with Crippen molar-refractivity contribution >= 4 is 29.0 Å². The van der Waals surface area contributed by atoms with Crippen molar-refractivity contribution in [2.45, 2.75) is 30.9 Å². The van der Waals surface area contributed by atoms with Crippen molar-refractivity contribution in [1.29, 1.82) is 0 Å². The highest BCUT2D eigenvalue weighted by atomic mass is 32.2. The second kappa shape index (κ2) is 7.50. The maximum atomic E-state index is 12.1. The normalized spacial score (nSPS) is 13.7. The molecule has 2 atom stereocenters. The largest absolute Gasteiger partial charge is 0.348 e. The van der Waals surface area contributed by atoms with Crippen LogP contribution in [-0.4, -0.2) is 11.2 Å². The van der Waals surface area contributed by atoms with E-state index in [0.717, 1.165) is 5.75 Å². The Hall–Kier alpha value is -1.26. The van der Waals surface area contributed by atoms with E-state index >= 15 is 0 Å².